The van der Waals surface area contributed by atoms with E-state index in [9.17, 15) is 9.59 Å². The molecule has 0 unspecified atom stereocenters. The van der Waals surface area contributed by atoms with E-state index in [1.54, 1.807) is 35.6 Å². The summed E-state index contributed by atoms with van der Waals surface area (Å²) in [7, 11) is 0. The second-order valence-corrected chi connectivity index (χ2v) is 8.44. The van der Waals surface area contributed by atoms with E-state index in [0.29, 0.717) is 23.6 Å². The van der Waals surface area contributed by atoms with E-state index < -0.39 is 0 Å². The van der Waals surface area contributed by atoms with Crippen LogP contribution in [0.25, 0.3) is 11.3 Å². The number of anilines is 1. The number of amides is 2. The number of ether oxygens (including phenoxy) is 1. The smallest absolute Gasteiger partial charge is 0.415 e. The van der Waals surface area contributed by atoms with Crippen LogP contribution >= 0.6 is 0 Å². The lowest BCUT2D eigenvalue weighted by atomic mass is 10.0. The van der Waals surface area contributed by atoms with Crippen LogP contribution in [0.15, 0.2) is 48.9 Å². The van der Waals surface area contributed by atoms with Gasteiger partial charge in [0.25, 0.3) is 5.91 Å². The fraction of sp³-hybridized carbons (Fsp3) is 0.292. The van der Waals surface area contributed by atoms with Crippen molar-refractivity contribution in [3.63, 3.8) is 0 Å². The van der Waals surface area contributed by atoms with Crippen molar-refractivity contribution in [2.45, 2.75) is 38.8 Å². The topological polar surface area (TPSA) is 97.3 Å². The number of hydrogen-bond acceptors (Lipinski definition) is 6. The molecule has 0 atom stereocenters. The summed E-state index contributed by atoms with van der Waals surface area (Å²) in [5, 5.41) is 2.89. The van der Waals surface area contributed by atoms with Gasteiger partial charge < -0.3 is 10.1 Å². The summed E-state index contributed by atoms with van der Waals surface area (Å²) in [6.45, 7) is 4.46. The van der Waals surface area contributed by atoms with Crippen LogP contribution in [0.1, 0.15) is 40.2 Å². The first-order valence-corrected chi connectivity index (χ1v) is 10.5. The standard InChI is InChI=1S/C24H23N5O3/c1-15-3-4-21(27-10-15)17-7-18(22(30)28-13-19-12-25-16(2)11-26-19)9-20(8-17)29-23(31)32-14-24(29)5-6-24/h3-4,7-12H,5-6,13-14H2,1-2H3,(H,28,30). The van der Waals surface area contributed by atoms with Crippen molar-refractivity contribution in [2.75, 3.05) is 11.5 Å². The maximum Gasteiger partial charge on any atom is 0.415 e. The lowest BCUT2D eigenvalue weighted by molar-refractivity contribution is 0.0950. The molecule has 1 aliphatic carbocycles. The van der Waals surface area contributed by atoms with E-state index in [2.05, 4.69) is 20.3 Å². The molecule has 8 nitrogen and oxygen atoms in total. The third-order valence-corrected chi connectivity index (χ3v) is 5.86. The quantitative estimate of drug-likeness (QED) is 0.666. The van der Waals surface area contributed by atoms with Gasteiger partial charge in [-0.05, 0) is 56.5 Å². The fourth-order valence-corrected chi connectivity index (χ4v) is 3.85. The number of benzene rings is 1. The van der Waals surface area contributed by atoms with Crippen LogP contribution in [0.2, 0.25) is 0 Å². The van der Waals surface area contributed by atoms with Crippen molar-refractivity contribution in [3.05, 3.63) is 71.4 Å². The first-order valence-electron chi connectivity index (χ1n) is 10.5. The number of nitrogens with one attached hydrogen (secondary N) is 1. The van der Waals surface area contributed by atoms with Crippen LogP contribution in [0.3, 0.4) is 0 Å². The molecule has 1 aliphatic heterocycles. The molecular weight excluding hydrogens is 406 g/mol. The SMILES string of the molecule is Cc1ccc(-c2cc(C(=O)NCc3cnc(C)cn3)cc(N3C(=O)OCC34CC4)c2)nc1. The zero-order chi connectivity index (χ0) is 22.3. The van der Waals surface area contributed by atoms with Crippen LogP contribution < -0.4 is 10.2 Å². The second-order valence-electron chi connectivity index (χ2n) is 8.44. The molecular formula is C24H23N5O3. The second kappa shape index (κ2) is 7.71. The Bertz CT molecular complexity index is 1190. The minimum atomic E-state index is -0.377. The third-order valence-electron chi connectivity index (χ3n) is 5.86. The van der Waals surface area contributed by atoms with Gasteiger partial charge in [-0.25, -0.2) is 4.79 Å². The summed E-state index contributed by atoms with van der Waals surface area (Å²) in [4.78, 5) is 40.2. The number of pyridine rings is 1. The Labute approximate surface area is 185 Å². The van der Waals surface area contributed by atoms with Crippen LogP contribution in [-0.4, -0.2) is 39.1 Å². The molecule has 0 bridgehead atoms. The number of hydrogen-bond donors (Lipinski definition) is 1. The van der Waals surface area contributed by atoms with Gasteiger partial charge in [-0.15, -0.1) is 0 Å². The van der Waals surface area contributed by atoms with Crippen molar-refractivity contribution >= 4 is 17.7 Å². The number of aryl methyl sites for hydroxylation is 2. The van der Waals surface area contributed by atoms with Crippen molar-refractivity contribution in [2.24, 2.45) is 0 Å². The van der Waals surface area contributed by atoms with Gasteiger partial charge in [-0.1, -0.05) is 6.07 Å². The Morgan fingerprint density at radius 2 is 1.94 bits per heavy atom. The monoisotopic (exact) mass is 429 g/mol. The largest absolute Gasteiger partial charge is 0.447 e. The number of aromatic nitrogens is 3. The lowest BCUT2D eigenvalue weighted by Gasteiger charge is -2.22. The van der Waals surface area contributed by atoms with Gasteiger partial charge in [-0.2, -0.15) is 0 Å². The third kappa shape index (κ3) is 3.79. The van der Waals surface area contributed by atoms with Gasteiger partial charge in [0.1, 0.15) is 6.61 Å². The summed E-state index contributed by atoms with van der Waals surface area (Å²) in [5.74, 6) is -0.264. The van der Waals surface area contributed by atoms with Crippen LogP contribution in [0, 0.1) is 13.8 Å². The molecule has 1 saturated carbocycles. The maximum atomic E-state index is 13.0. The molecule has 8 heteroatoms. The molecule has 1 spiro atoms. The first kappa shape index (κ1) is 20.1. The van der Waals surface area contributed by atoms with Gasteiger partial charge >= 0.3 is 6.09 Å². The molecule has 162 valence electrons. The number of carbonyl (C=O) groups is 2. The van der Waals surface area contributed by atoms with E-state index in [1.165, 1.54) is 0 Å². The molecule has 2 fully saturated rings. The highest BCUT2D eigenvalue weighted by molar-refractivity contribution is 5.99. The molecule has 2 aromatic heterocycles. The van der Waals surface area contributed by atoms with Crippen molar-refractivity contribution in [1.29, 1.82) is 0 Å². The normalized spacial score (nSPS) is 16.2. The van der Waals surface area contributed by atoms with E-state index >= 15 is 0 Å². The Morgan fingerprint density at radius 1 is 1.09 bits per heavy atom. The van der Waals surface area contributed by atoms with Crippen LogP contribution in [0.5, 0.6) is 0 Å². The van der Waals surface area contributed by atoms with Gasteiger partial charge in [0.2, 0.25) is 0 Å². The average Bonchev–Trinajstić information content (AvgIpc) is 3.50. The number of nitrogens with zero attached hydrogens (tertiary/aromatic N) is 4. The van der Waals surface area contributed by atoms with Crippen LogP contribution in [-0.2, 0) is 11.3 Å². The summed E-state index contributed by atoms with van der Waals surface area (Å²) < 4.78 is 5.33. The summed E-state index contributed by atoms with van der Waals surface area (Å²) >= 11 is 0. The summed E-state index contributed by atoms with van der Waals surface area (Å²) in [6, 6.07) is 9.30. The van der Waals surface area contributed by atoms with Crippen molar-refractivity contribution in [3.8, 4) is 11.3 Å². The minimum absolute atomic E-state index is 0.254. The van der Waals surface area contributed by atoms with Gasteiger partial charge in [0.05, 0.1) is 35.4 Å². The van der Waals surface area contributed by atoms with Gasteiger partial charge in [0.15, 0.2) is 0 Å². The number of carbonyl (C=O) groups excluding carboxylic acids is 2. The highest BCUT2D eigenvalue weighted by Crippen LogP contribution is 2.48. The molecule has 32 heavy (non-hydrogen) atoms. The Balaban J connectivity index is 1.48. The van der Waals surface area contributed by atoms with Gasteiger partial charge in [-0.3, -0.25) is 24.6 Å². The highest BCUT2D eigenvalue weighted by Gasteiger charge is 2.57. The van der Waals surface area contributed by atoms with E-state index in [4.69, 9.17) is 4.74 Å². The lowest BCUT2D eigenvalue weighted by Crippen LogP contribution is -2.35. The molecule has 3 heterocycles. The van der Waals surface area contributed by atoms with Gasteiger partial charge in [0, 0.05) is 29.2 Å². The Kier molecular flexibility index (Phi) is 4.84. The number of cyclic esters (lactones) is 1. The van der Waals surface area contributed by atoms with E-state index in [1.807, 2.05) is 32.0 Å². The molecule has 0 radical (unpaired) electrons. The fourth-order valence-electron chi connectivity index (χ4n) is 3.85. The predicted molar refractivity (Wildman–Crippen MR) is 118 cm³/mol. The molecule has 1 saturated heterocycles. The van der Waals surface area contributed by atoms with E-state index in [0.717, 1.165) is 35.4 Å². The molecule has 5 rings (SSSR count). The molecule has 3 aromatic rings. The maximum absolute atomic E-state index is 13.0. The predicted octanol–water partition coefficient (Wildman–Crippen LogP) is 3.57. The average molecular weight is 429 g/mol. The Morgan fingerprint density at radius 3 is 2.62 bits per heavy atom. The van der Waals surface area contributed by atoms with Crippen molar-refractivity contribution < 1.29 is 14.3 Å². The van der Waals surface area contributed by atoms with Crippen LogP contribution in [0.4, 0.5) is 10.5 Å². The first-order chi connectivity index (χ1) is 15.4. The highest BCUT2D eigenvalue weighted by atomic mass is 16.6. The molecule has 2 aliphatic rings. The molecule has 2 amide bonds. The summed E-state index contributed by atoms with van der Waals surface area (Å²) in [6.07, 6.45) is 6.49. The van der Waals surface area contributed by atoms with Crippen molar-refractivity contribution in [1.82, 2.24) is 20.3 Å². The Hall–Kier alpha value is -3.81. The molecule has 1 aromatic carbocycles. The minimum Gasteiger partial charge on any atom is -0.447 e. The van der Waals surface area contributed by atoms with E-state index in [-0.39, 0.29) is 24.1 Å². The zero-order valence-corrected chi connectivity index (χ0v) is 18.0. The zero-order valence-electron chi connectivity index (χ0n) is 18.0. The summed E-state index contributed by atoms with van der Waals surface area (Å²) in [5.41, 5.74) is 4.81. The molecule has 1 N–H and O–H groups in total. The number of rotatable bonds is 5.